The van der Waals surface area contributed by atoms with Crippen molar-refractivity contribution in [1.82, 2.24) is 4.90 Å². The highest BCUT2D eigenvalue weighted by Crippen LogP contribution is 2.11. The Morgan fingerprint density at radius 3 is 2.65 bits per heavy atom. The lowest BCUT2D eigenvalue weighted by atomic mass is 10.1. The lowest BCUT2D eigenvalue weighted by Crippen LogP contribution is -2.24. The fraction of sp³-hybridized carbons (Fsp3) is 0.600. The van der Waals surface area contributed by atoms with Crippen LogP contribution in [0, 0.1) is 5.92 Å². The monoisotopic (exact) mass is 234 g/mol. The highest BCUT2D eigenvalue weighted by molar-refractivity contribution is 5.40. The Balaban J connectivity index is 2.41. The van der Waals surface area contributed by atoms with Crippen molar-refractivity contribution in [3.8, 4) is 0 Å². The van der Waals surface area contributed by atoms with Gasteiger partial charge in [-0.2, -0.15) is 0 Å². The van der Waals surface area contributed by atoms with Crippen molar-refractivity contribution in [1.29, 1.82) is 0 Å². The molecule has 0 spiro atoms. The number of anilines is 1. The van der Waals surface area contributed by atoms with Crippen molar-refractivity contribution < 1.29 is 0 Å². The standard InChI is InChI=1S/C15H26N2/c1-4-17(10-6-7-13(2)3)12-14-8-5-9-15(16)11-14/h5,8-9,11,13H,4,6-7,10,12,16H2,1-3H3. The first kappa shape index (κ1) is 14.0. The number of nitrogen functional groups attached to an aromatic ring is 1. The van der Waals surface area contributed by atoms with Crippen LogP contribution in [0.5, 0.6) is 0 Å². The summed E-state index contributed by atoms with van der Waals surface area (Å²) in [6.45, 7) is 10.1. The second-order valence-corrected chi connectivity index (χ2v) is 5.15. The third-order valence-corrected chi connectivity index (χ3v) is 3.06. The molecule has 0 bridgehead atoms. The predicted octanol–water partition coefficient (Wildman–Crippen LogP) is 3.53. The van der Waals surface area contributed by atoms with Crippen LogP contribution in [0.15, 0.2) is 24.3 Å². The van der Waals surface area contributed by atoms with E-state index in [1.165, 1.54) is 24.9 Å². The molecule has 0 saturated carbocycles. The van der Waals surface area contributed by atoms with Crippen LogP contribution >= 0.6 is 0 Å². The molecule has 0 aliphatic heterocycles. The second-order valence-electron chi connectivity index (χ2n) is 5.15. The Hall–Kier alpha value is -1.02. The summed E-state index contributed by atoms with van der Waals surface area (Å²) >= 11 is 0. The molecule has 2 nitrogen and oxygen atoms in total. The maximum atomic E-state index is 5.80. The molecule has 0 aromatic heterocycles. The Morgan fingerprint density at radius 1 is 1.29 bits per heavy atom. The smallest absolute Gasteiger partial charge is 0.0317 e. The molecule has 0 fully saturated rings. The molecule has 1 aromatic carbocycles. The molecule has 1 aromatic rings. The summed E-state index contributed by atoms with van der Waals surface area (Å²) in [5.74, 6) is 0.807. The van der Waals surface area contributed by atoms with E-state index < -0.39 is 0 Å². The summed E-state index contributed by atoms with van der Waals surface area (Å²) in [4.78, 5) is 2.48. The van der Waals surface area contributed by atoms with Gasteiger partial charge in [-0.3, -0.25) is 4.90 Å². The number of nitrogens with two attached hydrogens (primary N) is 1. The van der Waals surface area contributed by atoms with Crippen molar-refractivity contribution >= 4 is 5.69 Å². The van der Waals surface area contributed by atoms with Gasteiger partial charge < -0.3 is 5.73 Å². The Bertz CT molecular complexity index is 320. The molecule has 0 heterocycles. The van der Waals surface area contributed by atoms with E-state index in [-0.39, 0.29) is 0 Å². The molecule has 0 amide bonds. The van der Waals surface area contributed by atoms with Crippen molar-refractivity contribution in [3.05, 3.63) is 29.8 Å². The Labute approximate surface area is 106 Å². The van der Waals surface area contributed by atoms with Crippen LogP contribution in [-0.2, 0) is 6.54 Å². The molecular formula is C15H26N2. The van der Waals surface area contributed by atoms with Gasteiger partial charge in [0.2, 0.25) is 0 Å². The molecule has 0 saturated heterocycles. The molecule has 17 heavy (non-hydrogen) atoms. The minimum Gasteiger partial charge on any atom is -0.399 e. The fourth-order valence-corrected chi connectivity index (χ4v) is 2.02. The van der Waals surface area contributed by atoms with Crippen LogP contribution in [0.2, 0.25) is 0 Å². The largest absolute Gasteiger partial charge is 0.399 e. The van der Waals surface area contributed by atoms with E-state index in [2.05, 4.69) is 37.8 Å². The molecule has 0 unspecified atom stereocenters. The van der Waals surface area contributed by atoms with Gasteiger partial charge in [-0.05, 0) is 49.5 Å². The average Bonchev–Trinajstić information content (AvgIpc) is 2.27. The summed E-state index contributed by atoms with van der Waals surface area (Å²) in [5.41, 5.74) is 7.98. The fourth-order valence-electron chi connectivity index (χ4n) is 2.02. The third kappa shape index (κ3) is 5.73. The van der Waals surface area contributed by atoms with Gasteiger partial charge in [-0.1, -0.05) is 32.9 Å². The zero-order valence-corrected chi connectivity index (χ0v) is 11.4. The molecule has 2 N–H and O–H groups in total. The van der Waals surface area contributed by atoms with Gasteiger partial charge >= 0.3 is 0 Å². The minimum atomic E-state index is 0.807. The van der Waals surface area contributed by atoms with Crippen LogP contribution in [0.25, 0.3) is 0 Å². The predicted molar refractivity (Wildman–Crippen MR) is 75.9 cm³/mol. The molecule has 0 radical (unpaired) electrons. The zero-order chi connectivity index (χ0) is 12.7. The normalized spacial score (nSPS) is 11.4. The van der Waals surface area contributed by atoms with E-state index in [4.69, 9.17) is 5.73 Å². The average molecular weight is 234 g/mol. The first-order chi connectivity index (χ1) is 8.11. The number of hydrogen-bond donors (Lipinski definition) is 1. The van der Waals surface area contributed by atoms with Gasteiger partial charge in [0.05, 0.1) is 0 Å². The van der Waals surface area contributed by atoms with Gasteiger partial charge in [-0.25, -0.2) is 0 Å². The van der Waals surface area contributed by atoms with Crippen LogP contribution in [-0.4, -0.2) is 18.0 Å². The molecule has 0 aliphatic rings. The minimum absolute atomic E-state index is 0.807. The lowest BCUT2D eigenvalue weighted by Gasteiger charge is -2.21. The van der Waals surface area contributed by atoms with E-state index in [9.17, 15) is 0 Å². The molecule has 0 aliphatic carbocycles. The number of rotatable bonds is 7. The van der Waals surface area contributed by atoms with Crippen molar-refractivity contribution in [2.45, 2.75) is 40.2 Å². The summed E-state index contributed by atoms with van der Waals surface area (Å²) in [7, 11) is 0. The van der Waals surface area contributed by atoms with Crippen molar-refractivity contribution in [3.63, 3.8) is 0 Å². The highest BCUT2D eigenvalue weighted by Gasteiger charge is 2.04. The van der Waals surface area contributed by atoms with Crippen LogP contribution < -0.4 is 5.73 Å². The van der Waals surface area contributed by atoms with Crippen LogP contribution in [0.4, 0.5) is 5.69 Å². The number of benzene rings is 1. The summed E-state index contributed by atoms with van der Waals surface area (Å²) in [6, 6.07) is 8.21. The van der Waals surface area contributed by atoms with Gasteiger partial charge in [0.25, 0.3) is 0 Å². The van der Waals surface area contributed by atoms with Gasteiger partial charge in [0, 0.05) is 12.2 Å². The lowest BCUT2D eigenvalue weighted by molar-refractivity contribution is 0.268. The van der Waals surface area contributed by atoms with Crippen molar-refractivity contribution in [2.24, 2.45) is 5.92 Å². The maximum absolute atomic E-state index is 5.80. The van der Waals surface area contributed by atoms with Crippen LogP contribution in [0.1, 0.15) is 39.2 Å². The van der Waals surface area contributed by atoms with Gasteiger partial charge in [0.15, 0.2) is 0 Å². The van der Waals surface area contributed by atoms with Gasteiger partial charge in [-0.15, -0.1) is 0 Å². The molecule has 1 rings (SSSR count). The van der Waals surface area contributed by atoms with E-state index in [0.717, 1.165) is 24.7 Å². The van der Waals surface area contributed by atoms with Crippen LogP contribution in [0.3, 0.4) is 0 Å². The topological polar surface area (TPSA) is 29.3 Å². The number of hydrogen-bond acceptors (Lipinski definition) is 2. The van der Waals surface area contributed by atoms with Gasteiger partial charge in [0.1, 0.15) is 0 Å². The molecule has 96 valence electrons. The second kappa shape index (κ2) is 7.33. The highest BCUT2D eigenvalue weighted by atomic mass is 15.1. The van der Waals surface area contributed by atoms with E-state index in [1.807, 2.05) is 12.1 Å². The maximum Gasteiger partial charge on any atom is 0.0317 e. The quantitative estimate of drug-likeness (QED) is 0.731. The molecule has 0 atom stereocenters. The third-order valence-electron chi connectivity index (χ3n) is 3.06. The number of nitrogens with zero attached hydrogens (tertiary/aromatic N) is 1. The summed E-state index contributed by atoms with van der Waals surface area (Å²) in [6.07, 6.45) is 2.60. The van der Waals surface area contributed by atoms with Crippen molar-refractivity contribution in [2.75, 3.05) is 18.8 Å². The summed E-state index contributed by atoms with van der Waals surface area (Å²) in [5, 5.41) is 0. The molecule has 2 heteroatoms. The van der Waals surface area contributed by atoms with E-state index in [0.29, 0.717) is 0 Å². The van der Waals surface area contributed by atoms with E-state index in [1.54, 1.807) is 0 Å². The zero-order valence-electron chi connectivity index (χ0n) is 11.4. The molecular weight excluding hydrogens is 208 g/mol. The summed E-state index contributed by atoms with van der Waals surface area (Å²) < 4.78 is 0. The first-order valence-electron chi connectivity index (χ1n) is 6.68. The first-order valence-corrected chi connectivity index (χ1v) is 6.68. The SMILES string of the molecule is CCN(CCCC(C)C)Cc1cccc(N)c1. The Kier molecular flexibility index (Phi) is 6.06. The van der Waals surface area contributed by atoms with E-state index >= 15 is 0 Å². The Morgan fingerprint density at radius 2 is 2.06 bits per heavy atom.